The molecule has 0 saturated heterocycles. The quantitative estimate of drug-likeness (QED) is 0.0264. The fraction of sp³-hybridized carbons (Fsp3) is 0.701. The highest BCUT2D eigenvalue weighted by Gasteiger charge is 2.26. The molecule has 0 aliphatic heterocycles. The molecule has 0 amide bonds. The van der Waals surface area contributed by atoms with Gasteiger partial charge in [0.25, 0.3) is 0 Å². The summed E-state index contributed by atoms with van der Waals surface area (Å²) < 4.78 is 32.9. The van der Waals surface area contributed by atoms with Gasteiger partial charge in [0.1, 0.15) is 6.61 Å². The molecule has 0 radical (unpaired) electrons. The summed E-state index contributed by atoms with van der Waals surface area (Å²) in [5, 5.41) is 0. The van der Waals surface area contributed by atoms with E-state index in [1.165, 1.54) is 167 Å². The lowest BCUT2D eigenvalue weighted by Crippen LogP contribution is -2.29. The van der Waals surface area contributed by atoms with Crippen molar-refractivity contribution in [2.75, 3.05) is 26.4 Å². The van der Waals surface area contributed by atoms with Crippen LogP contribution < -0.4 is 5.73 Å². The van der Waals surface area contributed by atoms with Gasteiger partial charge in [-0.15, -0.1) is 0 Å². The number of hydrogen-bond donors (Lipinski definition) is 2. The average Bonchev–Trinajstić information content (AvgIpc) is 3.42. The molecule has 0 heterocycles. The maximum atomic E-state index is 12.6. The second-order valence-corrected chi connectivity index (χ2v) is 22.0. The largest absolute Gasteiger partial charge is 0.472 e. The van der Waals surface area contributed by atoms with Gasteiger partial charge in [-0.1, -0.05) is 277 Å². The van der Waals surface area contributed by atoms with Crippen LogP contribution in [0.25, 0.3) is 0 Å². The summed E-state index contributed by atoms with van der Waals surface area (Å²) in [6.07, 6.45) is 84.8. The molecule has 2 atom stereocenters. The Kier molecular flexibility index (Phi) is 59.2. The third kappa shape index (κ3) is 61.7. The Balaban J connectivity index is 3.90. The van der Waals surface area contributed by atoms with Crippen LogP contribution in [-0.4, -0.2) is 49.3 Å². The molecule has 0 rings (SSSR count). The molecule has 9 nitrogen and oxygen atoms in total. The zero-order valence-corrected chi connectivity index (χ0v) is 50.3. The van der Waals surface area contributed by atoms with Gasteiger partial charge in [-0.3, -0.25) is 18.6 Å². The molecule has 0 aromatic rings. The van der Waals surface area contributed by atoms with E-state index in [0.717, 1.165) is 70.6 Å². The summed E-state index contributed by atoms with van der Waals surface area (Å²) >= 11 is 0. The fourth-order valence-corrected chi connectivity index (χ4v) is 9.32. The zero-order chi connectivity index (χ0) is 55.9. The van der Waals surface area contributed by atoms with E-state index in [9.17, 15) is 19.0 Å². The molecule has 0 fully saturated rings. The highest BCUT2D eigenvalue weighted by Crippen LogP contribution is 2.43. The normalized spacial score (nSPS) is 13.8. The number of esters is 2. The minimum Gasteiger partial charge on any atom is -0.462 e. The van der Waals surface area contributed by atoms with Gasteiger partial charge < -0.3 is 20.1 Å². The van der Waals surface area contributed by atoms with Crippen molar-refractivity contribution in [3.05, 3.63) is 109 Å². The van der Waals surface area contributed by atoms with Crippen LogP contribution in [0, 0.1) is 0 Å². The van der Waals surface area contributed by atoms with E-state index >= 15 is 0 Å². The number of unbranched alkanes of at least 4 members (excludes halogenated alkanes) is 27. The van der Waals surface area contributed by atoms with E-state index in [4.69, 9.17) is 24.3 Å². The van der Waals surface area contributed by atoms with Gasteiger partial charge in [-0.05, 0) is 89.9 Å². The molecular formula is C67H116NO8P. The van der Waals surface area contributed by atoms with E-state index in [2.05, 4.69) is 111 Å². The topological polar surface area (TPSA) is 134 Å². The Morgan fingerprint density at radius 1 is 0.403 bits per heavy atom. The summed E-state index contributed by atoms with van der Waals surface area (Å²) in [7, 11) is -4.41. The Labute approximate surface area is 473 Å². The molecule has 0 bridgehead atoms. The van der Waals surface area contributed by atoms with Crippen molar-refractivity contribution in [1.29, 1.82) is 0 Å². The lowest BCUT2D eigenvalue weighted by atomic mass is 10.0. The van der Waals surface area contributed by atoms with E-state index in [1.54, 1.807) is 0 Å². The minimum atomic E-state index is -4.41. The van der Waals surface area contributed by atoms with Gasteiger partial charge in [-0.2, -0.15) is 0 Å². The Bertz CT molecular complexity index is 1630. The van der Waals surface area contributed by atoms with Crippen LogP contribution in [0.3, 0.4) is 0 Å². The second kappa shape index (κ2) is 61.9. The van der Waals surface area contributed by atoms with Gasteiger partial charge in [0.05, 0.1) is 13.2 Å². The van der Waals surface area contributed by atoms with E-state index < -0.39 is 32.5 Å². The molecule has 0 spiro atoms. The molecule has 3 N–H and O–H groups in total. The Morgan fingerprint density at radius 2 is 0.740 bits per heavy atom. The number of ether oxygens (including phenoxy) is 2. The minimum absolute atomic E-state index is 0.0380. The first-order valence-corrected chi connectivity index (χ1v) is 32.9. The number of carbonyl (C=O) groups excluding carboxylic acids is 2. The van der Waals surface area contributed by atoms with Crippen molar-refractivity contribution in [3.63, 3.8) is 0 Å². The van der Waals surface area contributed by atoms with E-state index in [0.29, 0.717) is 6.42 Å². The highest BCUT2D eigenvalue weighted by molar-refractivity contribution is 7.47. The SMILES string of the molecule is CC/C=C\C/C=C\C/C=C\C/C=C\C/C=C\C/C=C\CCC(=O)OC(COC(=O)CCCCCCCCCCCCCCCCCCCCCCCC/C=C\C/C=C\C/C=C\CCCCCCC)COP(=O)(O)OCCN. The van der Waals surface area contributed by atoms with Crippen LogP contribution in [-0.2, 0) is 32.7 Å². The number of allylic oxidation sites excluding steroid dienone is 18. The first kappa shape index (κ1) is 73.7. The average molecular weight is 1090 g/mol. The van der Waals surface area contributed by atoms with E-state index in [-0.39, 0.29) is 32.6 Å². The van der Waals surface area contributed by atoms with E-state index in [1.807, 2.05) is 12.2 Å². The van der Waals surface area contributed by atoms with Crippen molar-refractivity contribution < 1.29 is 37.6 Å². The molecule has 0 aromatic heterocycles. The van der Waals surface area contributed by atoms with Crippen LogP contribution in [0.15, 0.2) is 109 Å². The van der Waals surface area contributed by atoms with Gasteiger partial charge in [0.15, 0.2) is 6.10 Å². The van der Waals surface area contributed by atoms with Crippen LogP contribution >= 0.6 is 7.82 Å². The maximum Gasteiger partial charge on any atom is 0.472 e. The first-order valence-electron chi connectivity index (χ1n) is 31.4. The smallest absolute Gasteiger partial charge is 0.462 e. The molecule has 77 heavy (non-hydrogen) atoms. The highest BCUT2D eigenvalue weighted by atomic mass is 31.2. The molecule has 0 aromatic carbocycles. The molecular weight excluding hydrogens is 978 g/mol. The van der Waals surface area contributed by atoms with Gasteiger partial charge >= 0.3 is 19.8 Å². The third-order valence-electron chi connectivity index (χ3n) is 13.2. The predicted molar refractivity (Wildman–Crippen MR) is 330 cm³/mol. The number of phosphoric acid groups is 1. The number of phosphoric ester groups is 1. The fourth-order valence-electron chi connectivity index (χ4n) is 8.55. The maximum absolute atomic E-state index is 12.6. The van der Waals surface area contributed by atoms with Crippen molar-refractivity contribution >= 4 is 19.8 Å². The summed E-state index contributed by atoms with van der Waals surface area (Å²) in [6, 6.07) is 0. The molecule has 10 heteroatoms. The van der Waals surface area contributed by atoms with Crippen LogP contribution in [0.4, 0.5) is 0 Å². The number of hydrogen-bond acceptors (Lipinski definition) is 8. The molecule has 0 saturated carbocycles. The third-order valence-corrected chi connectivity index (χ3v) is 14.1. The van der Waals surface area contributed by atoms with Crippen LogP contribution in [0.1, 0.15) is 271 Å². The summed E-state index contributed by atoms with van der Waals surface area (Å²) in [4.78, 5) is 35.1. The van der Waals surface area contributed by atoms with Gasteiger partial charge in [0, 0.05) is 19.4 Å². The summed E-state index contributed by atoms with van der Waals surface area (Å²) in [5.74, 6) is -0.924. The lowest BCUT2D eigenvalue weighted by Gasteiger charge is -2.19. The molecule has 2 unspecified atom stereocenters. The predicted octanol–water partition coefficient (Wildman–Crippen LogP) is 20.2. The number of nitrogens with two attached hydrogens (primary N) is 1. The van der Waals surface area contributed by atoms with Crippen LogP contribution in [0.2, 0.25) is 0 Å². The van der Waals surface area contributed by atoms with Crippen molar-refractivity contribution in [2.24, 2.45) is 5.73 Å². The zero-order valence-electron chi connectivity index (χ0n) is 49.4. The lowest BCUT2D eigenvalue weighted by molar-refractivity contribution is -0.161. The molecule has 442 valence electrons. The number of carbonyl (C=O) groups is 2. The van der Waals surface area contributed by atoms with Crippen molar-refractivity contribution in [1.82, 2.24) is 0 Å². The Hall–Kier alpha value is -3.33. The van der Waals surface area contributed by atoms with Crippen LogP contribution in [0.5, 0.6) is 0 Å². The van der Waals surface area contributed by atoms with Gasteiger partial charge in [-0.25, -0.2) is 4.57 Å². The van der Waals surface area contributed by atoms with Crippen molar-refractivity contribution in [2.45, 2.75) is 277 Å². The molecule has 0 aliphatic rings. The van der Waals surface area contributed by atoms with Crippen molar-refractivity contribution in [3.8, 4) is 0 Å². The monoisotopic (exact) mass is 1090 g/mol. The first-order chi connectivity index (χ1) is 37.8. The summed E-state index contributed by atoms with van der Waals surface area (Å²) in [5.41, 5.74) is 5.38. The number of rotatable bonds is 58. The van der Waals surface area contributed by atoms with Gasteiger partial charge in [0.2, 0.25) is 0 Å². The summed E-state index contributed by atoms with van der Waals surface area (Å²) in [6.45, 7) is 3.54. The second-order valence-electron chi connectivity index (χ2n) is 20.5. The standard InChI is InChI=1S/C67H116NO8P/c1-3-5-7-9-11-13-15-17-19-21-23-24-25-26-27-28-29-30-31-32-33-34-35-36-37-38-39-40-42-43-45-47-49-51-53-55-57-59-66(69)73-63-65(64-75-77(71,72)74-62-61-68)76-67(70)60-58-56-54-52-50-48-46-44-41-22-20-18-16-14-12-10-8-6-4-2/h6,8,12,14-15,17-18,20-21,23,25-26,41,44,48,50,54,56,65H,3-5,7,9-11,13,16,19,22,24,27-40,42-43,45-47,49,51-53,55,57-64,68H2,1-2H3,(H,71,72)/b8-6-,14-12-,17-15-,20-18-,23-21-,26-25-,44-41-,50-48-,56-54-. The Morgan fingerprint density at radius 3 is 1.12 bits per heavy atom. The molecule has 0 aliphatic carbocycles.